The Morgan fingerprint density at radius 3 is 2.88 bits per heavy atom. The molecule has 25 heavy (non-hydrogen) atoms. The maximum Gasteiger partial charge on any atom is 0.294 e. The van der Waals surface area contributed by atoms with Crippen molar-refractivity contribution in [2.75, 3.05) is 6.61 Å². The van der Waals surface area contributed by atoms with Gasteiger partial charge in [-0.3, -0.25) is 14.9 Å². The number of aromatic nitrogens is 2. The fraction of sp³-hybridized carbons (Fsp3) is 0.125. The summed E-state index contributed by atoms with van der Waals surface area (Å²) in [6.45, 7) is -0.367. The van der Waals surface area contributed by atoms with Crippen LogP contribution in [0.4, 0.5) is 5.69 Å². The average molecular weight is 342 g/mol. The first-order chi connectivity index (χ1) is 12.1. The minimum atomic E-state index is -0.741. The molecule has 0 saturated carbocycles. The van der Waals surface area contributed by atoms with Gasteiger partial charge < -0.3 is 19.4 Å². The van der Waals surface area contributed by atoms with Gasteiger partial charge in [0.25, 0.3) is 11.6 Å². The zero-order valence-corrected chi connectivity index (χ0v) is 12.9. The van der Waals surface area contributed by atoms with Crippen molar-refractivity contribution in [1.82, 2.24) is 14.9 Å². The first-order valence-corrected chi connectivity index (χ1v) is 7.32. The number of amides is 1. The molecule has 1 atom stereocenters. The van der Waals surface area contributed by atoms with Gasteiger partial charge in [-0.1, -0.05) is 0 Å². The van der Waals surface area contributed by atoms with Crippen LogP contribution >= 0.6 is 0 Å². The molecule has 0 fully saturated rings. The Kier molecular flexibility index (Phi) is 4.57. The average Bonchev–Trinajstić information content (AvgIpc) is 3.32. The number of carbonyl (C=O) groups is 1. The number of hydrogen-bond acceptors (Lipinski definition) is 6. The van der Waals surface area contributed by atoms with E-state index in [0.717, 1.165) is 0 Å². The van der Waals surface area contributed by atoms with E-state index in [2.05, 4.69) is 10.3 Å². The Morgan fingerprint density at radius 1 is 1.44 bits per heavy atom. The number of imidazole rings is 1. The van der Waals surface area contributed by atoms with Crippen LogP contribution in [0.3, 0.4) is 0 Å². The molecular weight excluding hydrogens is 328 g/mol. The lowest BCUT2D eigenvalue weighted by Gasteiger charge is -2.14. The minimum Gasteiger partial charge on any atom is -0.467 e. The lowest BCUT2D eigenvalue weighted by Crippen LogP contribution is -2.30. The molecule has 3 rings (SSSR count). The Labute approximate surface area is 141 Å². The van der Waals surface area contributed by atoms with E-state index in [0.29, 0.717) is 11.4 Å². The van der Waals surface area contributed by atoms with E-state index >= 15 is 0 Å². The molecule has 2 heterocycles. The molecule has 0 radical (unpaired) electrons. The number of hydrogen-bond donors (Lipinski definition) is 2. The highest BCUT2D eigenvalue weighted by Gasteiger charge is 2.21. The topological polar surface area (TPSA) is 123 Å². The smallest absolute Gasteiger partial charge is 0.294 e. The Morgan fingerprint density at radius 2 is 2.28 bits per heavy atom. The zero-order chi connectivity index (χ0) is 17.8. The summed E-state index contributed by atoms with van der Waals surface area (Å²) in [6, 6.07) is 6.63. The second-order valence-electron chi connectivity index (χ2n) is 5.15. The van der Waals surface area contributed by atoms with Crippen LogP contribution in [0.15, 0.2) is 59.7 Å². The lowest BCUT2D eigenvalue weighted by molar-refractivity contribution is -0.384. The summed E-state index contributed by atoms with van der Waals surface area (Å²) >= 11 is 0. The van der Waals surface area contributed by atoms with Gasteiger partial charge in [0.05, 0.1) is 24.1 Å². The van der Waals surface area contributed by atoms with Crippen LogP contribution < -0.4 is 5.32 Å². The summed E-state index contributed by atoms with van der Waals surface area (Å²) in [4.78, 5) is 27.0. The number of nitro groups is 1. The van der Waals surface area contributed by atoms with Crippen LogP contribution in [0.25, 0.3) is 5.69 Å². The molecule has 1 amide bonds. The Hall–Kier alpha value is -3.46. The summed E-state index contributed by atoms with van der Waals surface area (Å²) in [6.07, 6.45) is 5.93. The third-order valence-corrected chi connectivity index (χ3v) is 3.59. The molecule has 0 aliphatic heterocycles. The van der Waals surface area contributed by atoms with Crippen molar-refractivity contribution in [2.45, 2.75) is 6.04 Å². The van der Waals surface area contributed by atoms with E-state index in [-0.39, 0.29) is 17.9 Å². The van der Waals surface area contributed by atoms with Crippen LogP contribution in [-0.4, -0.2) is 32.1 Å². The van der Waals surface area contributed by atoms with Crippen LogP contribution in [0.5, 0.6) is 0 Å². The van der Waals surface area contributed by atoms with Crippen molar-refractivity contribution >= 4 is 11.6 Å². The monoisotopic (exact) mass is 342 g/mol. The van der Waals surface area contributed by atoms with E-state index in [1.54, 1.807) is 18.3 Å². The maximum absolute atomic E-state index is 12.4. The van der Waals surface area contributed by atoms with Crippen molar-refractivity contribution in [3.05, 3.63) is 76.8 Å². The standard InChI is InChI=1S/C16H14N4O5/c21-9-12(15-2-1-7-25-15)18-16(22)11-3-4-13(14(8-11)20(23)24)19-6-5-17-10-19/h1-8,10,12,21H,9H2,(H,18,22). The fourth-order valence-electron chi connectivity index (χ4n) is 2.37. The van der Waals surface area contributed by atoms with Gasteiger partial charge in [-0.2, -0.15) is 0 Å². The van der Waals surface area contributed by atoms with E-state index < -0.39 is 16.9 Å². The van der Waals surface area contributed by atoms with Gasteiger partial charge in [0.15, 0.2) is 0 Å². The van der Waals surface area contributed by atoms with Crippen LogP contribution in [-0.2, 0) is 0 Å². The molecule has 0 aliphatic carbocycles. The summed E-state index contributed by atoms with van der Waals surface area (Å²) in [5.74, 6) is -0.170. The number of nitrogens with one attached hydrogen (secondary N) is 1. The van der Waals surface area contributed by atoms with E-state index in [1.165, 1.54) is 41.6 Å². The molecule has 0 bridgehead atoms. The Bertz CT molecular complexity index is 874. The molecule has 1 aromatic carbocycles. The number of carbonyl (C=O) groups excluding carboxylic acids is 1. The molecule has 9 heteroatoms. The number of furan rings is 1. The van der Waals surface area contributed by atoms with Crippen molar-refractivity contribution in [3.8, 4) is 5.69 Å². The first kappa shape index (κ1) is 16.4. The van der Waals surface area contributed by atoms with E-state index in [1.807, 2.05) is 0 Å². The second kappa shape index (κ2) is 6.97. The minimum absolute atomic E-state index is 0.0978. The maximum atomic E-state index is 12.4. The summed E-state index contributed by atoms with van der Waals surface area (Å²) in [5, 5.41) is 23.3. The third-order valence-electron chi connectivity index (χ3n) is 3.59. The first-order valence-electron chi connectivity index (χ1n) is 7.32. The van der Waals surface area contributed by atoms with Crippen LogP contribution in [0.2, 0.25) is 0 Å². The molecule has 2 N–H and O–H groups in total. The molecule has 1 unspecified atom stereocenters. The SMILES string of the molecule is O=C(NC(CO)c1ccco1)c1ccc(-n2ccnc2)c([N+](=O)[O-])c1. The molecule has 3 aromatic rings. The van der Waals surface area contributed by atoms with E-state index in [4.69, 9.17) is 4.42 Å². The number of aliphatic hydroxyl groups is 1. The predicted molar refractivity (Wildman–Crippen MR) is 86.2 cm³/mol. The molecular formula is C16H14N4O5. The van der Waals surface area contributed by atoms with Crippen LogP contribution in [0.1, 0.15) is 22.2 Å². The number of nitrogens with zero attached hydrogens (tertiary/aromatic N) is 3. The largest absolute Gasteiger partial charge is 0.467 e. The highest BCUT2D eigenvalue weighted by atomic mass is 16.6. The fourth-order valence-corrected chi connectivity index (χ4v) is 2.37. The number of nitro benzene ring substituents is 1. The van der Waals surface area contributed by atoms with Crippen molar-refractivity contribution in [3.63, 3.8) is 0 Å². The second-order valence-corrected chi connectivity index (χ2v) is 5.15. The predicted octanol–water partition coefficient (Wildman–Crippen LogP) is 1.84. The highest BCUT2D eigenvalue weighted by Crippen LogP contribution is 2.24. The normalized spacial score (nSPS) is 11.9. The molecule has 9 nitrogen and oxygen atoms in total. The molecule has 0 saturated heterocycles. The van der Waals surface area contributed by atoms with Gasteiger partial charge in [0.2, 0.25) is 0 Å². The van der Waals surface area contributed by atoms with Crippen molar-refractivity contribution < 1.29 is 19.2 Å². The Balaban J connectivity index is 1.88. The number of rotatable bonds is 6. The summed E-state index contributed by atoms with van der Waals surface area (Å²) in [7, 11) is 0. The third kappa shape index (κ3) is 3.40. The van der Waals surface area contributed by atoms with Crippen molar-refractivity contribution in [2.24, 2.45) is 0 Å². The van der Waals surface area contributed by atoms with Gasteiger partial charge in [-0.05, 0) is 24.3 Å². The van der Waals surface area contributed by atoms with Gasteiger partial charge in [-0.25, -0.2) is 4.98 Å². The van der Waals surface area contributed by atoms with Crippen molar-refractivity contribution in [1.29, 1.82) is 0 Å². The lowest BCUT2D eigenvalue weighted by atomic mass is 10.1. The number of benzene rings is 1. The van der Waals surface area contributed by atoms with Gasteiger partial charge in [0.1, 0.15) is 17.5 Å². The van der Waals surface area contributed by atoms with Crippen LogP contribution in [0, 0.1) is 10.1 Å². The van der Waals surface area contributed by atoms with Gasteiger partial charge in [0, 0.05) is 24.0 Å². The highest BCUT2D eigenvalue weighted by molar-refractivity contribution is 5.95. The van der Waals surface area contributed by atoms with Gasteiger partial charge in [-0.15, -0.1) is 0 Å². The van der Waals surface area contributed by atoms with Gasteiger partial charge >= 0.3 is 0 Å². The molecule has 0 spiro atoms. The molecule has 2 aromatic heterocycles. The quantitative estimate of drug-likeness (QED) is 0.520. The molecule has 128 valence electrons. The van der Waals surface area contributed by atoms with E-state index in [9.17, 15) is 20.0 Å². The number of aliphatic hydroxyl groups excluding tert-OH is 1. The zero-order valence-electron chi connectivity index (χ0n) is 12.9. The summed E-state index contributed by atoms with van der Waals surface area (Å²) in [5.41, 5.74) is 0.161. The molecule has 0 aliphatic rings. The summed E-state index contributed by atoms with van der Waals surface area (Å²) < 4.78 is 6.65.